The molecule has 2 aromatic heterocycles. The number of benzene rings is 1. The average Bonchev–Trinajstić information content (AvgIpc) is 2.69. The summed E-state index contributed by atoms with van der Waals surface area (Å²) >= 11 is 0. The number of nitrogens with one attached hydrogen (secondary N) is 2. The molecular formula is C21H22F3N5. The summed E-state index contributed by atoms with van der Waals surface area (Å²) in [6.07, 6.45) is -1.89. The Hall–Kier alpha value is -3.16. The zero-order valence-corrected chi connectivity index (χ0v) is 16.4. The third kappa shape index (κ3) is 5.22. The molecule has 1 atom stereocenters. The monoisotopic (exact) mass is 401 g/mol. The Morgan fingerprint density at radius 2 is 1.83 bits per heavy atom. The molecule has 0 saturated heterocycles. The van der Waals surface area contributed by atoms with Gasteiger partial charge in [0.25, 0.3) is 0 Å². The molecule has 29 heavy (non-hydrogen) atoms. The van der Waals surface area contributed by atoms with Crippen LogP contribution in [0.1, 0.15) is 31.4 Å². The largest absolute Gasteiger partial charge is 0.416 e. The van der Waals surface area contributed by atoms with Crippen LogP contribution in [0, 0.1) is 6.92 Å². The number of hydrogen-bond acceptors (Lipinski definition) is 5. The highest BCUT2D eigenvalue weighted by Crippen LogP contribution is 2.33. The first-order valence-corrected chi connectivity index (χ1v) is 9.28. The summed E-state index contributed by atoms with van der Waals surface area (Å²) in [5.41, 5.74) is 1.50. The van der Waals surface area contributed by atoms with E-state index < -0.39 is 11.7 Å². The van der Waals surface area contributed by atoms with Gasteiger partial charge in [-0.3, -0.25) is 4.98 Å². The highest BCUT2D eigenvalue weighted by Gasteiger charge is 2.30. The third-order valence-electron chi connectivity index (χ3n) is 4.47. The lowest BCUT2D eigenvalue weighted by Gasteiger charge is -2.16. The summed E-state index contributed by atoms with van der Waals surface area (Å²) in [5, 5.41) is 6.22. The van der Waals surface area contributed by atoms with E-state index in [9.17, 15) is 13.2 Å². The van der Waals surface area contributed by atoms with Crippen LogP contribution in [0.2, 0.25) is 0 Å². The maximum atomic E-state index is 13.1. The lowest BCUT2D eigenvalue weighted by Crippen LogP contribution is -2.16. The van der Waals surface area contributed by atoms with Crippen molar-refractivity contribution in [1.82, 2.24) is 15.0 Å². The Morgan fingerprint density at radius 3 is 2.48 bits per heavy atom. The average molecular weight is 401 g/mol. The number of aromatic nitrogens is 3. The Bertz CT molecular complexity index is 974. The molecule has 0 unspecified atom stereocenters. The minimum atomic E-state index is -4.42. The second-order valence-corrected chi connectivity index (χ2v) is 6.78. The maximum absolute atomic E-state index is 13.1. The highest BCUT2D eigenvalue weighted by molar-refractivity contribution is 5.67. The normalized spacial score (nSPS) is 12.5. The van der Waals surface area contributed by atoms with E-state index in [4.69, 9.17) is 0 Å². The van der Waals surface area contributed by atoms with E-state index in [1.54, 1.807) is 25.3 Å². The van der Waals surface area contributed by atoms with Crippen molar-refractivity contribution in [2.24, 2.45) is 0 Å². The first kappa shape index (κ1) is 20.6. The molecule has 2 heterocycles. The van der Waals surface area contributed by atoms with Gasteiger partial charge in [-0.25, -0.2) is 4.98 Å². The van der Waals surface area contributed by atoms with Crippen LogP contribution in [-0.4, -0.2) is 21.0 Å². The van der Waals surface area contributed by atoms with Gasteiger partial charge in [0.05, 0.1) is 17.0 Å². The van der Waals surface area contributed by atoms with Gasteiger partial charge in [0, 0.05) is 24.0 Å². The predicted molar refractivity (Wildman–Crippen MR) is 108 cm³/mol. The van der Waals surface area contributed by atoms with E-state index in [0.29, 0.717) is 34.4 Å². The number of halogens is 3. The molecule has 0 bridgehead atoms. The van der Waals surface area contributed by atoms with Crippen LogP contribution in [0.25, 0.3) is 11.4 Å². The zero-order chi connectivity index (χ0) is 21.0. The Balaban J connectivity index is 2.01. The van der Waals surface area contributed by atoms with Gasteiger partial charge < -0.3 is 10.6 Å². The van der Waals surface area contributed by atoms with Crippen LogP contribution < -0.4 is 10.6 Å². The molecule has 5 nitrogen and oxygen atoms in total. The fourth-order valence-electron chi connectivity index (χ4n) is 2.61. The van der Waals surface area contributed by atoms with Crippen molar-refractivity contribution < 1.29 is 13.2 Å². The Kier molecular flexibility index (Phi) is 6.00. The van der Waals surface area contributed by atoms with E-state index in [1.165, 1.54) is 6.07 Å². The summed E-state index contributed by atoms with van der Waals surface area (Å²) in [5.74, 6) is 0.767. The lowest BCUT2D eigenvalue weighted by atomic mass is 10.1. The number of alkyl halides is 3. The molecule has 0 fully saturated rings. The molecule has 0 amide bonds. The van der Waals surface area contributed by atoms with E-state index in [0.717, 1.165) is 18.6 Å². The van der Waals surface area contributed by atoms with Gasteiger partial charge in [-0.05, 0) is 50.1 Å². The first-order valence-electron chi connectivity index (χ1n) is 9.28. The topological polar surface area (TPSA) is 62.7 Å². The van der Waals surface area contributed by atoms with Crippen LogP contribution in [0.4, 0.5) is 30.6 Å². The van der Waals surface area contributed by atoms with Crippen molar-refractivity contribution in [1.29, 1.82) is 0 Å². The second-order valence-electron chi connectivity index (χ2n) is 6.78. The number of aryl methyl sites for hydroxylation is 1. The van der Waals surface area contributed by atoms with Gasteiger partial charge in [-0.15, -0.1) is 0 Å². The van der Waals surface area contributed by atoms with Gasteiger partial charge in [-0.1, -0.05) is 19.1 Å². The van der Waals surface area contributed by atoms with Crippen molar-refractivity contribution in [3.8, 4) is 11.4 Å². The van der Waals surface area contributed by atoms with E-state index in [2.05, 4.69) is 25.6 Å². The Morgan fingerprint density at radius 1 is 1.03 bits per heavy atom. The van der Waals surface area contributed by atoms with Gasteiger partial charge in [-0.2, -0.15) is 18.2 Å². The molecule has 0 aliphatic rings. The SMILES string of the molecule is CC[C@H](C)Nc1nc(Nc2cc(C(F)(F)F)ccc2C)cc(-c2ccccn2)n1. The van der Waals surface area contributed by atoms with Gasteiger partial charge in [0.15, 0.2) is 0 Å². The molecule has 0 aliphatic heterocycles. The summed E-state index contributed by atoms with van der Waals surface area (Å²) in [6, 6.07) is 10.8. The first-order chi connectivity index (χ1) is 13.8. The molecule has 0 saturated carbocycles. The lowest BCUT2D eigenvalue weighted by molar-refractivity contribution is -0.137. The standard InChI is InChI=1S/C21H22F3N5/c1-4-14(3)26-20-28-18(16-7-5-6-10-25-16)12-19(29-20)27-17-11-15(21(22,23)24)9-8-13(17)2/h5-12,14H,4H2,1-3H3,(H2,26,27,28,29)/t14-/m0/s1. The fourth-order valence-corrected chi connectivity index (χ4v) is 2.61. The number of hydrogen-bond donors (Lipinski definition) is 2. The van der Waals surface area contributed by atoms with Crippen LogP contribution in [-0.2, 0) is 6.18 Å². The quantitative estimate of drug-likeness (QED) is 0.545. The van der Waals surface area contributed by atoms with Crippen LogP contribution in [0.15, 0.2) is 48.7 Å². The van der Waals surface area contributed by atoms with Crippen LogP contribution in [0.5, 0.6) is 0 Å². The van der Waals surface area contributed by atoms with Crippen molar-refractivity contribution in [2.75, 3.05) is 10.6 Å². The predicted octanol–water partition coefficient (Wildman–Crippen LogP) is 5.82. The number of nitrogens with zero attached hydrogens (tertiary/aromatic N) is 3. The zero-order valence-electron chi connectivity index (χ0n) is 16.4. The molecule has 3 aromatic rings. The van der Waals surface area contributed by atoms with Crippen molar-refractivity contribution >= 4 is 17.5 Å². The summed E-state index contributed by atoms with van der Waals surface area (Å²) in [4.78, 5) is 13.2. The van der Waals surface area contributed by atoms with Crippen molar-refractivity contribution in [2.45, 2.75) is 39.4 Å². The summed E-state index contributed by atoms with van der Waals surface area (Å²) in [7, 11) is 0. The molecule has 8 heteroatoms. The second kappa shape index (κ2) is 8.46. The molecule has 0 spiro atoms. The van der Waals surface area contributed by atoms with Crippen LogP contribution >= 0.6 is 0 Å². The molecule has 2 N–H and O–H groups in total. The minimum absolute atomic E-state index is 0.136. The summed E-state index contributed by atoms with van der Waals surface area (Å²) < 4.78 is 39.3. The van der Waals surface area contributed by atoms with Crippen molar-refractivity contribution in [3.05, 3.63) is 59.8 Å². The molecular weight excluding hydrogens is 379 g/mol. The summed E-state index contributed by atoms with van der Waals surface area (Å²) in [6.45, 7) is 5.77. The Labute approximate surface area is 167 Å². The number of pyridine rings is 1. The number of rotatable bonds is 6. The number of anilines is 3. The highest BCUT2D eigenvalue weighted by atomic mass is 19.4. The van der Waals surface area contributed by atoms with E-state index in [1.807, 2.05) is 26.0 Å². The van der Waals surface area contributed by atoms with E-state index in [-0.39, 0.29) is 6.04 Å². The van der Waals surface area contributed by atoms with Gasteiger partial charge in [0.2, 0.25) is 5.95 Å². The smallest absolute Gasteiger partial charge is 0.352 e. The fraction of sp³-hybridized carbons (Fsp3) is 0.286. The molecule has 0 radical (unpaired) electrons. The maximum Gasteiger partial charge on any atom is 0.416 e. The third-order valence-corrected chi connectivity index (χ3v) is 4.47. The van der Waals surface area contributed by atoms with Gasteiger partial charge >= 0.3 is 6.18 Å². The molecule has 152 valence electrons. The van der Waals surface area contributed by atoms with E-state index >= 15 is 0 Å². The molecule has 3 rings (SSSR count). The van der Waals surface area contributed by atoms with Gasteiger partial charge in [0.1, 0.15) is 5.82 Å². The van der Waals surface area contributed by atoms with Crippen LogP contribution in [0.3, 0.4) is 0 Å². The minimum Gasteiger partial charge on any atom is -0.352 e. The molecule has 1 aromatic carbocycles. The molecule has 0 aliphatic carbocycles. The van der Waals surface area contributed by atoms with Crippen molar-refractivity contribution in [3.63, 3.8) is 0 Å².